The summed E-state index contributed by atoms with van der Waals surface area (Å²) in [5.41, 5.74) is -1.16. The van der Waals surface area contributed by atoms with E-state index >= 15 is 0 Å². The van der Waals surface area contributed by atoms with Crippen LogP contribution in [0.25, 0.3) is 0 Å². The van der Waals surface area contributed by atoms with Crippen LogP contribution in [-0.2, 0) is 28.2 Å². The SMILES string of the molecule is C=P(C)(O)OC[C@@H](COC)O[C@H](COCCOCCOC)n1ccc(=O)[nH]c1=O. The second-order valence-electron chi connectivity index (χ2n) is 6.21. The van der Waals surface area contributed by atoms with Crippen LogP contribution in [0.15, 0.2) is 21.9 Å². The number of hydrogen-bond acceptors (Lipinski definition) is 9. The molecule has 0 fully saturated rings. The first-order chi connectivity index (χ1) is 13.8. The van der Waals surface area contributed by atoms with Crippen molar-refractivity contribution in [2.24, 2.45) is 0 Å². The van der Waals surface area contributed by atoms with Crippen molar-refractivity contribution in [3.8, 4) is 0 Å². The Morgan fingerprint density at radius 2 is 1.79 bits per heavy atom. The van der Waals surface area contributed by atoms with Gasteiger partial charge < -0.3 is 33.1 Å². The van der Waals surface area contributed by atoms with Gasteiger partial charge in [-0.05, 0) is 0 Å². The molecule has 3 atom stereocenters. The second-order valence-corrected chi connectivity index (χ2v) is 8.57. The number of aromatic nitrogens is 2. The third-order valence-corrected chi connectivity index (χ3v) is 4.17. The van der Waals surface area contributed by atoms with Gasteiger partial charge in [0.05, 0.1) is 46.2 Å². The standard InChI is InChI=1S/C17H31N2O9P/c1-23-7-8-25-9-10-26-13-16(19-6-5-15(20)18-17(19)21)28-14(11-24-2)12-27-29(3,4)22/h5-6,14,16,22H,3,7-13H2,1-2,4H3,(H,18,20,21)/t14-,16-,29?/m1/s1. The van der Waals surface area contributed by atoms with E-state index in [1.165, 1.54) is 30.6 Å². The summed E-state index contributed by atoms with van der Waals surface area (Å²) in [7, 11) is 0.348. The van der Waals surface area contributed by atoms with Crippen molar-refractivity contribution in [2.75, 3.05) is 67.1 Å². The van der Waals surface area contributed by atoms with Crippen LogP contribution in [0.1, 0.15) is 6.23 Å². The Kier molecular flexibility index (Phi) is 12.3. The number of nitrogens with zero attached hydrogens (tertiary/aromatic N) is 1. The molecule has 12 heteroatoms. The smallest absolute Gasteiger partial charge is 0.330 e. The summed E-state index contributed by atoms with van der Waals surface area (Å²) >= 11 is 0. The van der Waals surface area contributed by atoms with E-state index in [0.29, 0.717) is 19.8 Å². The molecule has 2 N–H and O–H groups in total. The number of ether oxygens (including phenoxy) is 5. The molecule has 0 aliphatic rings. The van der Waals surface area contributed by atoms with Gasteiger partial charge in [0, 0.05) is 33.1 Å². The van der Waals surface area contributed by atoms with Crippen LogP contribution in [0.3, 0.4) is 0 Å². The van der Waals surface area contributed by atoms with Crippen LogP contribution >= 0.6 is 7.34 Å². The predicted octanol–water partition coefficient (Wildman–Crippen LogP) is -0.335. The van der Waals surface area contributed by atoms with E-state index in [9.17, 15) is 14.5 Å². The fraction of sp³-hybridized carbons (Fsp3) is 0.706. The van der Waals surface area contributed by atoms with Gasteiger partial charge in [-0.3, -0.25) is 14.3 Å². The number of methoxy groups -OCH3 is 2. The molecule has 0 aliphatic carbocycles. The maximum atomic E-state index is 12.2. The van der Waals surface area contributed by atoms with Crippen LogP contribution in [0, 0.1) is 0 Å². The largest absolute Gasteiger partial charge is 0.382 e. The zero-order chi connectivity index (χ0) is 21.7. The molecule has 0 spiro atoms. The molecule has 1 unspecified atom stereocenters. The van der Waals surface area contributed by atoms with Crippen LogP contribution in [0.5, 0.6) is 0 Å². The molecule has 1 aromatic rings. The Labute approximate surface area is 169 Å². The first kappa shape index (κ1) is 25.7. The molecule has 0 saturated carbocycles. The molecule has 0 radical (unpaired) electrons. The molecule has 1 heterocycles. The summed E-state index contributed by atoms with van der Waals surface area (Å²) in [5, 5.41) is 0. The number of hydrogen-bond donors (Lipinski definition) is 2. The Bertz CT molecular complexity index is 730. The van der Waals surface area contributed by atoms with E-state index in [1.54, 1.807) is 7.11 Å². The summed E-state index contributed by atoms with van der Waals surface area (Å²) in [6.45, 7) is 3.20. The molecule has 0 amide bonds. The van der Waals surface area contributed by atoms with Crippen LogP contribution in [0.4, 0.5) is 0 Å². The second kappa shape index (κ2) is 13.8. The summed E-state index contributed by atoms with van der Waals surface area (Å²) in [6, 6.07) is 1.21. The Morgan fingerprint density at radius 1 is 1.10 bits per heavy atom. The minimum absolute atomic E-state index is 0.00680. The third kappa shape index (κ3) is 11.5. The van der Waals surface area contributed by atoms with Gasteiger partial charge in [-0.25, -0.2) is 4.79 Å². The summed E-state index contributed by atoms with van der Waals surface area (Å²) < 4.78 is 33.4. The summed E-state index contributed by atoms with van der Waals surface area (Å²) in [6.07, 6.45) is 3.40. The predicted molar refractivity (Wildman–Crippen MR) is 109 cm³/mol. The van der Waals surface area contributed by atoms with Crippen LogP contribution in [0.2, 0.25) is 0 Å². The molecule has 0 aliphatic heterocycles. The minimum Gasteiger partial charge on any atom is -0.382 e. The van der Waals surface area contributed by atoms with Gasteiger partial charge in [-0.2, -0.15) is 0 Å². The molecule has 0 saturated heterocycles. The molecular formula is C17H31N2O9P. The number of aromatic amines is 1. The molecule has 1 aromatic heterocycles. The lowest BCUT2D eigenvalue weighted by Gasteiger charge is -2.26. The van der Waals surface area contributed by atoms with Crippen LogP contribution in [-0.4, -0.2) is 94.0 Å². The molecule has 29 heavy (non-hydrogen) atoms. The van der Waals surface area contributed by atoms with E-state index in [-0.39, 0.29) is 26.4 Å². The average molecular weight is 438 g/mol. The highest BCUT2D eigenvalue weighted by Gasteiger charge is 2.21. The lowest BCUT2D eigenvalue weighted by molar-refractivity contribution is -0.128. The van der Waals surface area contributed by atoms with Gasteiger partial charge in [0.25, 0.3) is 5.56 Å². The lowest BCUT2D eigenvalue weighted by atomic mass is 10.4. The monoisotopic (exact) mass is 438 g/mol. The van der Waals surface area contributed by atoms with Crippen molar-refractivity contribution in [1.82, 2.24) is 9.55 Å². The van der Waals surface area contributed by atoms with Crippen LogP contribution < -0.4 is 11.2 Å². The third-order valence-electron chi connectivity index (χ3n) is 3.47. The molecule has 0 aromatic carbocycles. The van der Waals surface area contributed by atoms with Crippen molar-refractivity contribution < 1.29 is 33.1 Å². The van der Waals surface area contributed by atoms with Gasteiger partial charge >= 0.3 is 5.69 Å². The highest BCUT2D eigenvalue weighted by atomic mass is 31.2. The topological polar surface area (TPSA) is 130 Å². The van der Waals surface area contributed by atoms with Gasteiger partial charge in [0.2, 0.25) is 0 Å². The average Bonchev–Trinajstić information content (AvgIpc) is 2.64. The summed E-state index contributed by atoms with van der Waals surface area (Å²) in [5.74, 6) is 0. The molecule has 168 valence electrons. The van der Waals surface area contributed by atoms with Crippen molar-refractivity contribution in [3.63, 3.8) is 0 Å². The zero-order valence-electron chi connectivity index (χ0n) is 17.1. The maximum absolute atomic E-state index is 12.2. The van der Waals surface area contributed by atoms with Crippen molar-refractivity contribution in [2.45, 2.75) is 12.3 Å². The van der Waals surface area contributed by atoms with Crippen molar-refractivity contribution >= 4 is 13.6 Å². The van der Waals surface area contributed by atoms with E-state index in [2.05, 4.69) is 11.3 Å². The first-order valence-corrected chi connectivity index (χ1v) is 11.2. The molecular weight excluding hydrogens is 407 g/mol. The fourth-order valence-electron chi connectivity index (χ4n) is 2.16. The Balaban J connectivity index is 2.78. The molecule has 0 bridgehead atoms. The van der Waals surface area contributed by atoms with E-state index < -0.39 is 30.9 Å². The van der Waals surface area contributed by atoms with Crippen molar-refractivity contribution in [3.05, 3.63) is 33.1 Å². The number of rotatable bonds is 16. The fourth-order valence-corrected chi connectivity index (χ4v) is 2.65. The van der Waals surface area contributed by atoms with Crippen molar-refractivity contribution in [1.29, 1.82) is 0 Å². The van der Waals surface area contributed by atoms with Gasteiger partial charge in [-0.15, -0.1) is 0 Å². The first-order valence-electron chi connectivity index (χ1n) is 8.95. The lowest BCUT2D eigenvalue weighted by Crippen LogP contribution is -2.38. The normalized spacial score (nSPS) is 15.7. The molecule has 11 nitrogen and oxygen atoms in total. The molecule has 1 rings (SSSR count). The van der Waals surface area contributed by atoms with Gasteiger partial charge in [-0.1, -0.05) is 6.30 Å². The van der Waals surface area contributed by atoms with Gasteiger partial charge in [0.15, 0.2) is 6.23 Å². The minimum atomic E-state index is -2.72. The summed E-state index contributed by atoms with van der Waals surface area (Å²) in [4.78, 5) is 35.5. The Hall–Kier alpha value is -1.30. The zero-order valence-corrected chi connectivity index (χ0v) is 18.0. The Morgan fingerprint density at radius 3 is 2.41 bits per heavy atom. The quantitative estimate of drug-likeness (QED) is 0.263. The number of nitrogens with one attached hydrogen (secondary N) is 1. The number of H-pyrrole nitrogens is 1. The van der Waals surface area contributed by atoms with E-state index in [4.69, 9.17) is 28.2 Å². The maximum Gasteiger partial charge on any atom is 0.330 e. The highest BCUT2D eigenvalue weighted by Crippen LogP contribution is 2.36. The van der Waals surface area contributed by atoms with Gasteiger partial charge in [0.1, 0.15) is 13.4 Å². The van der Waals surface area contributed by atoms with E-state index in [1.807, 2.05) is 0 Å². The van der Waals surface area contributed by atoms with E-state index in [0.717, 1.165) is 0 Å². The highest BCUT2D eigenvalue weighted by molar-refractivity contribution is 7.62.